The number of piperazine rings is 1. The van der Waals surface area contributed by atoms with Crippen molar-refractivity contribution in [3.63, 3.8) is 0 Å². The Kier molecular flexibility index (Phi) is 6.37. The van der Waals surface area contributed by atoms with Crippen molar-refractivity contribution in [3.05, 3.63) is 29.8 Å². The van der Waals surface area contributed by atoms with Gasteiger partial charge in [-0.05, 0) is 23.1 Å². The standard InChI is InChI=1S/C19H27N3O4/c1-19(2,3)13-5-7-14(8-6-13)21-16(23)12-22-10-9-20-18(25)15(22)11-17(24)26-4/h5-8,15H,9-12H2,1-4H3,(H,20,25)(H,21,23)/p+1/t15-/m1/s1. The van der Waals surface area contributed by atoms with Crippen molar-refractivity contribution in [3.8, 4) is 0 Å². The van der Waals surface area contributed by atoms with Crippen LogP contribution in [-0.2, 0) is 24.5 Å². The van der Waals surface area contributed by atoms with Crippen LogP contribution in [0.2, 0.25) is 0 Å². The maximum Gasteiger partial charge on any atom is 0.312 e. The van der Waals surface area contributed by atoms with Gasteiger partial charge in [0.15, 0.2) is 12.6 Å². The molecule has 0 saturated carbocycles. The third-order valence-electron chi connectivity index (χ3n) is 4.58. The highest BCUT2D eigenvalue weighted by molar-refractivity contribution is 5.92. The summed E-state index contributed by atoms with van der Waals surface area (Å²) in [4.78, 5) is 36.8. The number of hydrogen-bond donors (Lipinski definition) is 3. The van der Waals surface area contributed by atoms with Gasteiger partial charge in [-0.2, -0.15) is 0 Å². The predicted molar refractivity (Wildman–Crippen MR) is 97.9 cm³/mol. The van der Waals surface area contributed by atoms with Crippen molar-refractivity contribution in [1.82, 2.24) is 5.32 Å². The van der Waals surface area contributed by atoms with Crippen molar-refractivity contribution < 1.29 is 24.0 Å². The van der Waals surface area contributed by atoms with E-state index in [-0.39, 0.29) is 30.2 Å². The van der Waals surface area contributed by atoms with Crippen molar-refractivity contribution in [1.29, 1.82) is 0 Å². The lowest BCUT2D eigenvalue weighted by molar-refractivity contribution is -0.909. The molecule has 26 heavy (non-hydrogen) atoms. The molecular formula is C19H28N3O4+. The molecule has 1 saturated heterocycles. The second kappa shape index (κ2) is 8.31. The molecule has 0 bridgehead atoms. The summed E-state index contributed by atoms with van der Waals surface area (Å²) >= 11 is 0. The number of methoxy groups -OCH3 is 1. The van der Waals surface area contributed by atoms with Gasteiger partial charge in [0.1, 0.15) is 6.42 Å². The maximum absolute atomic E-state index is 12.4. The van der Waals surface area contributed by atoms with Crippen LogP contribution in [0.25, 0.3) is 0 Å². The molecule has 1 unspecified atom stereocenters. The molecule has 0 aromatic heterocycles. The Hall–Kier alpha value is -2.41. The fraction of sp³-hybridized carbons (Fsp3) is 0.526. The van der Waals surface area contributed by atoms with Gasteiger partial charge < -0.3 is 20.3 Å². The van der Waals surface area contributed by atoms with E-state index in [0.717, 1.165) is 4.90 Å². The third kappa shape index (κ3) is 5.29. The summed E-state index contributed by atoms with van der Waals surface area (Å²) in [6.07, 6.45) is -0.0365. The van der Waals surface area contributed by atoms with E-state index in [4.69, 9.17) is 0 Å². The van der Waals surface area contributed by atoms with Crippen LogP contribution in [0.5, 0.6) is 0 Å². The van der Waals surface area contributed by atoms with Crippen molar-refractivity contribution in [2.45, 2.75) is 38.6 Å². The van der Waals surface area contributed by atoms with Gasteiger partial charge in [0.2, 0.25) is 0 Å². The molecule has 142 valence electrons. The van der Waals surface area contributed by atoms with Gasteiger partial charge in [0.25, 0.3) is 11.8 Å². The molecule has 1 aromatic carbocycles. The first-order chi connectivity index (χ1) is 12.2. The summed E-state index contributed by atoms with van der Waals surface area (Å²) in [7, 11) is 1.29. The lowest BCUT2D eigenvalue weighted by Gasteiger charge is -2.30. The Morgan fingerprint density at radius 1 is 1.27 bits per heavy atom. The third-order valence-corrected chi connectivity index (χ3v) is 4.58. The largest absolute Gasteiger partial charge is 0.469 e. The Labute approximate surface area is 154 Å². The van der Waals surface area contributed by atoms with Gasteiger partial charge in [0, 0.05) is 5.69 Å². The van der Waals surface area contributed by atoms with E-state index in [9.17, 15) is 14.4 Å². The highest BCUT2D eigenvalue weighted by atomic mass is 16.5. The molecule has 1 fully saturated rings. The van der Waals surface area contributed by atoms with E-state index in [2.05, 4.69) is 36.1 Å². The number of hydrogen-bond acceptors (Lipinski definition) is 4. The van der Waals surface area contributed by atoms with E-state index < -0.39 is 12.0 Å². The van der Waals surface area contributed by atoms with Crippen LogP contribution in [0.4, 0.5) is 5.69 Å². The summed E-state index contributed by atoms with van der Waals surface area (Å²) in [6, 6.07) is 7.14. The minimum atomic E-state index is -0.606. The molecule has 0 spiro atoms. The van der Waals surface area contributed by atoms with E-state index in [1.54, 1.807) is 0 Å². The molecule has 1 aromatic rings. The lowest BCUT2D eigenvalue weighted by Crippen LogP contribution is -3.20. The fourth-order valence-corrected chi connectivity index (χ4v) is 2.99. The lowest BCUT2D eigenvalue weighted by atomic mass is 9.87. The predicted octanol–water partition coefficient (Wildman–Crippen LogP) is -0.131. The molecule has 2 atom stereocenters. The van der Waals surface area contributed by atoms with Gasteiger partial charge in [-0.15, -0.1) is 0 Å². The number of benzene rings is 1. The average molecular weight is 362 g/mol. The summed E-state index contributed by atoms with van der Waals surface area (Å²) < 4.78 is 4.66. The highest BCUT2D eigenvalue weighted by Gasteiger charge is 2.36. The number of anilines is 1. The average Bonchev–Trinajstić information content (AvgIpc) is 2.57. The zero-order chi connectivity index (χ0) is 19.3. The quantitative estimate of drug-likeness (QED) is 0.637. The van der Waals surface area contributed by atoms with Crippen molar-refractivity contribution in [2.24, 2.45) is 0 Å². The number of nitrogens with one attached hydrogen (secondary N) is 3. The topological polar surface area (TPSA) is 88.9 Å². The van der Waals surface area contributed by atoms with Crippen LogP contribution < -0.4 is 15.5 Å². The number of esters is 1. The Bertz CT molecular complexity index is 664. The first kappa shape index (κ1) is 19.9. The van der Waals surface area contributed by atoms with Crippen LogP contribution in [0.15, 0.2) is 24.3 Å². The number of carbonyl (C=O) groups is 3. The summed E-state index contributed by atoms with van der Waals surface area (Å²) in [5.41, 5.74) is 1.95. The first-order valence-electron chi connectivity index (χ1n) is 8.80. The maximum atomic E-state index is 12.4. The molecule has 7 heteroatoms. The molecule has 0 radical (unpaired) electrons. The Balaban J connectivity index is 1.98. The molecule has 2 amide bonds. The van der Waals surface area contributed by atoms with Crippen molar-refractivity contribution in [2.75, 3.05) is 32.1 Å². The van der Waals surface area contributed by atoms with Gasteiger partial charge in [-0.1, -0.05) is 32.9 Å². The summed E-state index contributed by atoms with van der Waals surface area (Å²) in [5, 5.41) is 5.60. The van der Waals surface area contributed by atoms with E-state index in [0.29, 0.717) is 18.8 Å². The summed E-state index contributed by atoms with van der Waals surface area (Å²) in [6.45, 7) is 7.59. The Morgan fingerprint density at radius 2 is 1.92 bits per heavy atom. The van der Waals surface area contributed by atoms with Crippen LogP contribution in [0.1, 0.15) is 32.8 Å². The molecule has 1 heterocycles. The van der Waals surface area contributed by atoms with E-state index >= 15 is 0 Å². The van der Waals surface area contributed by atoms with Crippen LogP contribution in [-0.4, -0.2) is 50.6 Å². The smallest absolute Gasteiger partial charge is 0.312 e. The van der Waals surface area contributed by atoms with Gasteiger partial charge in [0.05, 0.1) is 20.2 Å². The number of rotatable bonds is 5. The number of ether oxygens (including phenoxy) is 1. The number of quaternary nitrogens is 1. The molecule has 2 rings (SSSR count). The van der Waals surface area contributed by atoms with Gasteiger partial charge in [-0.25, -0.2) is 0 Å². The van der Waals surface area contributed by atoms with E-state index in [1.807, 2.05) is 24.3 Å². The second-order valence-electron chi connectivity index (χ2n) is 7.58. The number of amides is 2. The monoisotopic (exact) mass is 362 g/mol. The normalized spacial score (nSPS) is 20.2. The minimum absolute atomic E-state index is 0.0365. The molecular weight excluding hydrogens is 334 g/mol. The number of carbonyl (C=O) groups excluding carboxylic acids is 3. The van der Waals surface area contributed by atoms with Crippen LogP contribution in [0, 0.1) is 0 Å². The van der Waals surface area contributed by atoms with Crippen LogP contribution in [0.3, 0.4) is 0 Å². The highest BCUT2D eigenvalue weighted by Crippen LogP contribution is 2.23. The van der Waals surface area contributed by atoms with Crippen molar-refractivity contribution >= 4 is 23.5 Å². The Morgan fingerprint density at radius 3 is 2.50 bits per heavy atom. The molecule has 0 aliphatic carbocycles. The molecule has 7 nitrogen and oxygen atoms in total. The van der Waals surface area contributed by atoms with Gasteiger partial charge in [-0.3, -0.25) is 14.4 Å². The SMILES string of the molecule is COC(=O)C[C@@H]1C(=O)NCC[NH+]1CC(=O)Nc1ccc(C(C)(C)C)cc1. The fourth-order valence-electron chi connectivity index (χ4n) is 2.99. The second-order valence-corrected chi connectivity index (χ2v) is 7.58. The zero-order valence-electron chi connectivity index (χ0n) is 15.8. The molecule has 3 N–H and O–H groups in total. The van der Waals surface area contributed by atoms with E-state index in [1.165, 1.54) is 12.7 Å². The molecule has 1 aliphatic heterocycles. The zero-order valence-corrected chi connectivity index (χ0v) is 15.8. The summed E-state index contributed by atoms with van der Waals surface area (Å²) in [5.74, 6) is -0.866. The minimum Gasteiger partial charge on any atom is -0.469 e. The van der Waals surface area contributed by atoms with Crippen LogP contribution >= 0.6 is 0 Å². The first-order valence-corrected chi connectivity index (χ1v) is 8.80. The van der Waals surface area contributed by atoms with Gasteiger partial charge >= 0.3 is 5.97 Å². The molecule has 1 aliphatic rings.